The Morgan fingerprint density at radius 3 is 3.00 bits per heavy atom. The molecule has 21 heavy (non-hydrogen) atoms. The van der Waals surface area contributed by atoms with Gasteiger partial charge < -0.3 is 10.1 Å². The second-order valence-electron chi connectivity index (χ2n) is 5.76. The summed E-state index contributed by atoms with van der Waals surface area (Å²) in [5.41, 5.74) is -1.06. The molecule has 0 aromatic carbocycles. The summed E-state index contributed by atoms with van der Waals surface area (Å²) in [6, 6.07) is 1.48. The molecule has 0 bridgehead atoms. The molecule has 1 aliphatic rings. The molecular weight excluding hydrogens is 290 g/mol. The molecule has 2 rings (SSSR count). The molecule has 3 N–H and O–H groups in total. The second kappa shape index (κ2) is 6.62. The highest BCUT2D eigenvalue weighted by Crippen LogP contribution is 2.37. The maximum Gasteiger partial charge on any atom is 0.323 e. The molecule has 1 aromatic heterocycles. The van der Waals surface area contributed by atoms with Crippen molar-refractivity contribution < 1.29 is 9.90 Å². The van der Waals surface area contributed by atoms with Gasteiger partial charge in [0.05, 0.1) is 0 Å². The van der Waals surface area contributed by atoms with Gasteiger partial charge in [-0.25, -0.2) is 4.98 Å². The highest BCUT2D eigenvalue weighted by Gasteiger charge is 2.43. The zero-order chi connectivity index (χ0) is 15.5. The number of carbonyl (C=O) groups is 1. The highest BCUT2D eigenvalue weighted by atomic mass is 32.2. The number of H-pyrrole nitrogens is 1. The Labute approximate surface area is 127 Å². The monoisotopic (exact) mass is 311 g/mol. The van der Waals surface area contributed by atoms with Crippen molar-refractivity contribution in [1.82, 2.24) is 15.3 Å². The zero-order valence-corrected chi connectivity index (χ0v) is 13.1. The Kier molecular flexibility index (Phi) is 5.05. The van der Waals surface area contributed by atoms with E-state index in [1.165, 1.54) is 24.0 Å². The summed E-state index contributed by atoms with van der Waals surface area (Å²) >= 11 is 1.46. The van der Waals surface area contributed by atoms with Gasteiger partial charge >= 0.3 is 5.97 Å². The number of nitrogens with one attached hydrogen (secondary N) is 2. The van der Waals surface area contributed by atoms with Crippen LogP contribution in [0.4, 0.5) is 0 Å². The number of rotatable bonds is 5. The van der Waals surface area contributed by atoms with Gasteiger partial charge in [0.1, 0.15) is 5.54 Å². The van der Waals surface area contributed by atoms with Crippen molar-refractivity contribution >= 4 is 17.7 Å². The molecule has 0 radical (unpaired) electrons. The summed E-state index contributed by atoms with van der Waals surface area (Å²) < 4.78 is 0. The first-order valence-corrected chi connectivity index (χ1v) is 8.02. The second-order valence-corrected chi connectivity index (χ2v) is 7.05. The molecule has 1 aliphatic carbocycles. The average molecular weight is 311 g/mol. The predicted octanol–water partition coefficient (Wildman–Crippen LogP) is 1.63. The van der Waals surface area contributed by atoms with Crippen LogP contribution < -0.4 is 10.9 Å². The molecule has 2 unspecified atom stereocenters. The smallest absolute Gasteiger partial charge is 0.323 e. The number of hydrogen-bond acceptors (Lipinski definition) is 5. The van der Waals surface area contributed by atoms with Crippen molar-refractivity contribution in [3.05, 3.63) is 22.6 Å². The average Bonchev–Trinajstić information content (AvgIpc) is 2.38. The molecule has 0 aliphatic heterocycles. The van der Waals surface area contributed by atoms with Crippen LogP contribution in [0, 0.1) is 0 Å². The Morgan fingerprint density at radius 2 is 2.38 bits per heavy atom. The van der Waals surface area contributed by atoms with Crippen LogP contribution >= 0.6 is 11.8 Å². The van der Waals surface area contributed by atoms with Crippen LogP contribution in [0.5, 0.6) is 0 Å². The van der Waals surface area contributed by atoms with Crippen LogP contribution in [0.25, 0.3) is 0 Å². The lowest BCUT2D eigenvalue weighted by molar-refractivity contribution is -0.146. The van der Waals surface area contributed by atoms with E-state index in [2.05, 4.69) is 15.3 Å². The molecule has 2 atom stereocenters. The fourth-order valence-corrected chi connectivity index (χ4v) is 4.08. The topological polar surface area (TPSA) is 95.1 Å². The van der Waals surface area contributed by atoms with E-state index < -0.39 is 11.5 Å². The number of aromatic amines is 1. The maximum atomic E-state index is 11.7. The third-order valence-corrected chi connectivity index (χ3v) is 4.77. The van der Waals surface area contributed by atoms with Crippen LogP contribution in [0.2, 0.25) is 0 Å². The zero-order valence-electron chi connectivity index (χ0n) is 12.3. The van der Waals surface area contributed by atoms with Crippen LogP contribution in [0.1, 0.15) is 39.5 Å². The van der Waals surface area contributed by atoms with Crippen LogP contribution in [-0.4, -0.2) is 37.9 Å². The van der Waals surface area contributed by atoms with Gasteiger partial charge in [-0.1, -0.05) is 11.8 Å². The van der Waals surface area contributed by atoms with Gasteiger partial charge in [0.15, 0.2) is 5.16 Å². The SMILES string of the molecule is CC(C)NC1(C(=O)O)CCCC(Sc2nccc(=O)[nH]2)C1. The lowest BCUT2D eigenvalue weighted by atomic mass is 9.81. The molecule has 7 heteroatoms. The standard InChI is InChI=1S/C14H21N3O3S/c1-9(2)17-14(12(19)20)6-3-4-10(8-14)21-13-15-7-5-11(18)16-13/h5,7,9-10,17H,3-4,6,8H2,1-2H3,(H,19,20)(H,15,16,18). The van der Waals surface area contributed by atoms with Gasteiger partial charge in [0.2, 0.25) is 0 Å². The van der Waals surface area contributed by atoms with E-state index in [0.717, 1.165) is 12.8 Å². The first-order valence-electron chi connectivity index (χ1n) is 7.14. The summed E-state index contributed by atoms with van der Waals surface area (Å²) in [5.74, 6) is -0.795. The largest absolute Gasteiger partial charge is 0.480 e. The first-order chi connectivity index (χ1) is 9.91. The van der Waals surface area contributed by atoms with E-state index in [1.54, 1.807) is 0 Å². The van der Waals surface area contributed by atoms with Gasteiger partial charge in [-0.3, -0.25) is 14.9 Å². The normalized spacial score (nSPS) is 26.0. The lowest BCUT2D eigenvalue weighted by Crippen LogP contribution is -2.57. The van der Waals surface area contributed by atoms with E-state index in [4.69, 9.17) is 0 Å². The summed E-state index contributed by atoms with van der Waals surface area (Å²) in [7, 11) is 0. The van der Waals surface area contributed by atoms with Crippen LogP contribution in [0.3, 0.4) is 0 Å². The molecule has 116 valence electrons. The van der Waals surface area contributed by atoms with E-state index in [0.29, 0.717) is 18.0 Å². The summed E-state index contributed by atoms with van der Waals surface area (Å²) in [4.78, 5) is 29.8. The molecule has 0 spiro atoms. The Morgan fingerprint density at radius 1 is 1.62 bits per heavy atom. The summed E-state index contributed by atoms with van der Waals surface area (Å²) in [6.07, 6.45) is 4.42. The van der Waals surface area contributed by atoms with Crippen LogP contribution in [0.15, 0.2) is 22.2 Å². The van der Waals surface area contributed by atoms with Gasteiger partial charge in [-0.15, -0.1) is 0 Å². The van der Waals surface area contributed by atoms with E-state index >= 15 is 0 Å². The Hall–Kier alpha value is -1.34. The number of carboxylic acid groups (broad SMARTS) is 1. The van der Waals surface area contributed by atoms with Crippen molar-refractivity contribution in [2.24, 2.45) is 0 Å². The quantitative estimate of drug-likeness (QED) is 0.715. The Balaban J connectivity index is 2.11. The van der Waals surface area contributed by atoms with Gasteiger partial charge in [-0.2, -0.15) is 0 Å². The van der Waals surface area contributed by atoms with Gasteiger partial charge in [0, 0.05) is 23.6 Å². The van der Waals surface area contributed by atoms with Crippen molar-refractivity contribution in [3.8, 4) is 0 Å². The molecule has 1 fully saturated rings. The number of hydrogen-bond donors (Lipinski definition) is 3. The molecule has 0 amide bonds. The third kappa shape index (κ3) is 4.07. The summed E-state index contributed by atoms with van der Waals surface area (Å²) in [5, 5.41) is 13.5. The van der Waals surface area contributed by atoms with Crippen LogP contribution in [-0.2, 0) is 4.79 Å². The predicted molar refractivity (Wildman–Crippen MR) is 81.6 cm³/mol. The summed E-state index contributed by atoms with van der Waals surface area (Å²) in [6.45, 7) is 3.91. The minimum atomic E-state index is -0.876. The van der Waals surface area contributed by atoms with Crippen molar-refractivity contribution in [2.75, 3.05) is 0 Å². The molecule has 0 saturated heterocycles. The lowest BCUT2D eigenvalue weighted by Gasteiger charge is -2.39. The van der Waals surface area contributed by atoms with Crippen molar-refractivity contribution in [3.63, 3.8) is 0 Å². The number of aromatic nitrogens is 2. The number of thioether (sulfide) groups is 1. The highest BCUT2D eigenvalue weighted by molar-refractivity contribution is 7.99. The fraction of sp³-hybridized carbons (Fsp3) is 0.643. The van der Waals surface area contributed by atoms with E-state index in [1.807, 2.05) is 13.8 Å². The molecular formula is C14H21N3O3S. The number of carboxylic acids is 1. The van der Waals surface area contributed by atoms with E-state index in [-0.39, 0.29) is 16.9 Å². The first kappa shape index (κ1) is 16.0. The number of nitrogens with zero attached hydrogens (tertiary/aromatic N) is 1. The van der Waals surface area contributed by atoms with E-state index in [9.17, 15) is 14.7 Å². The molecule has 6 nitrogen and oxygen atoms in total. The van der Waals surface area contributed by atoms with Crippen molar-refractivity contribution in [2.45, 2.75) is 61.5 Å². The van der Waals surface area contributed by atoms with Crippen molar-refractivity contribution in [1.29, 1.82) is 0 Å². The minimum Gasteiger partial charge on any atom is -0.480 e. The third-order valence-electron chi connectivity index (χ3n) is 3.61. The minimum absolute atomic E-state index is 0.111. The van der Waals surface area contributed by atoms with Gasteiger partial charge in [0.25, 0.3) is 5.56 Å². The fourth-order valence-electron chi connectivity index (χ4n) is 2.83. The van der Waals surface area contributed by atoms with Gasteiger partial charge in [-0.05, 0) is 39.5 Å². The number of aliphatic carboxylic acids is 1. The maximum absolute atomic E-state index is 11.7. The molecule has 1 heterocycles. The Bertz CT molecular complexity index is 560. The molecule has 1 saturated carbocycles. The molecule has 1 aromatic rings.